The molecule has 0 aliphatic rings. The van der Waals surface area contributed by atoms with Crippen LogP contribution in [0.15, 0.2) is 84.9 Å². The van der Waals surface area contributed by atoms with Crippen LogP contribution in [0.4, 0.5) is 0 Å². The van der Waals surface area contributed by atoms with Gasteiger partial charge in [0, 0.05) is 20.8 Å². The molecule has 3 nitrogen and oxygen atoms in total. The Kier molecular flexibility index (Phi) is 13.5. The van der Waals surface area contributed by atoms with Crippen LogP contribution in [-0.4, -0.2) is 33.5 Å². The molecule has 0 saturated carbocycles. The lowest BCUT2D eigenvalue weighted by atomic mass is 10.3. The van der Waals surface area contributed by atoms with E-state index in [-0.39, 0.29) is 13.5 Å². The fourth-order valence-corrected chi connectivity index (χ4v) is 5.26. The summed E-state index contributed by atoms with van der Waals surface area (Å²) in [6.45, 7) is 5.57. The summed E-state index contributed by atoms with van der Waals surface area (Å²) in [6, 6.07) is 29.9. The van der Waals surface area contributed by atoms with Crippen molar-refractivity contribution in [3.05, 3.63) is 84.9 Å². The van der Waals surface area contributed by atoms with Crippen LogP contribution in [0.3, 0.4) is 0 Å². The Morgan fingerprint density at radius 1 is 0.710 bits per heavy atom. The molecule has 3 aromatic rings. The minimum absolute atomic E-state index is 0. The van der Waals surface area contributed by atoms with Crippen LogP contribution in [0, 0.1) is 0 Å². The van der Waals surface area contributed by atoms with Gasteiger partial charge in [0.2, 0.25) is 0 Å². The predicted molar refractivity (Wildman–Crippen MR) is 136 cm³/mol. The van der Waals surface area contributed by atoms with Crippen LogP contribution in [0.1, 0.15) is 27.7 Å². The van der Waals surface area contributed by atoms with Gasteiger partial charge in [0.1, 0.15) is 11.9 Å². The maximum absolute atomic E-state index is 5.88. The van der Waals surface area contributed by atoms with Gasteiger partial charge in [-0.25, -0.2) is 0 Å². The first-order valence-corrected chi connectivity index (χ1v) is 11.7. The van der Waals surface area contributed by atoms with Gasteiger partial charge in [-0.15, -0.1) is 0 Å². The van der Waals surface area contributed by atoms with E-state index in [1.807, 2.05) is 6.92 Å². The SMILES string of the molecule is C.CCCOC.COCC(C)Oc1ccc(P(c2ccccc2)c2ccccc2)cc1. The Hall–Kier alpha value is -2.19. The van der Waals surface area contributed by atoms with Gasteiger partial charge in [0.15, 0.2) is 0 Å². The summed E-state index contributed by atoms with van der Waals surface area (Å²) in [5.41, 5.74) is 0. The molecular formula is C27H37O3P. The van der Waals surface area contributed by atoms with Gasteiger partial charge >= 0.3 is 0 Å². The second-order valence-corrected chi connectivity index (χ2v) is 9.10. The Morgan fingerprint density at radius 3 is 1.58 bits per heavy atom. The first kappa shape index (κ1) is 26.8. The van der Waals surface area contributed by atoms with Gasteiger partial charge in [-0.2, -0.15) is 0 Å². The van der Waals surface area contributed by atoms with Crippen molar-refractivity contribution in [2.45, 2.75) is 33.8 Å². The molecule has 0 spiro atoms. The van der Waals surface area contributed by atoms with Crippen LogP contribution in [0.5, 0.6) is 5.75 Å². The molecule has 168 valence electrons. The summed E-state index contributed by atoms with van der Waals surface area (Å²) in [4.78, 5) is 0. The number of rotatable bonds is 9. The molecule has 0 radical (unpaired) electrons. The lowest BCUT2D eigenvalue weighted by Gasteiger charge is -2.20. The average molecular weight is 441 g/mol. The van der Waals surface area contributed by atoms with Crippen LogP contribution in [-0.2, 0) is 9.47 Å². The van der Waals surface area contributed by atoms with E-state index in [9.17, 15) is 0 Å². The molecule has 1 unspecified atom stereocenters. The third kappa shape index (κ3) is 9.23. The Balaban J connectivity index is 0.000000721. The van der Waals surface area contributed by atoms with Gasteiger partial charge in [-0.1, -0.05) is 87.1 Å². The van der Waals surface area contributed by atoms with E-state index >= 15 is 0 Å². The van der Waals surface area contributed by atoms with Crippen molar-refractivity contribution in [2.24, 2.45) is 0 Å². The zero-order chi connectivity index (χ0) is 21.6. The van der Waals surface area contributed by atoms with Crippen molar-refractivity contribution >= 4 is 23.8 Å². The average Bonchev–Trinajstić information content (AvgIpc) is 2.78. The normalized spacial score (nSPS) is 11.1. The van der Waals surface area contributed by atoms with Crippen molar-refractivity contribution in [1.29, 1.82) is 0 Å². The highest BCUT2D eigenvalue weighted by Gasteiger charge is 2.16. The first-order chi connectivity index (χ1) is 14.7. The van der Waals surface area contributed by atoms with Crippen LogP contribution < -0.4 is 20.7 Å². The summed E-state index contributed by atoms with van der Waals surface area (Å²) in [7, 11) is 2.84. The van der Waals surface area contributed by atoms with Gasteiger partial charge in [0.05, 0.1) is 6.61 Å². The molecule has 0 fully saturated rings. The quantitative estimate of drug-likeness (QED) is 0.409. The highest BCUT2D eigenvalue weighted by atomic mass is 31.1. The first-order valence-electron chi connectivity index (χ1n) is 10.3. The summed E-state index contributed by atoms with van der Waals surface area (Å²) < 4.78 is 15.7. The van der Waals surface area contributed by atoms with Gasteiger partial charge < -0.3 is 14.2 Å². The van der Waals surface area contributed by atoms with Gasteiger partial charge in [-0.05, 0) is 49.3 Å². The molecule has 3 rings (SSSR count). The van der Waals surface area contributed by atoms with E-state index in [0.29, 0.717) is 6.61 Å². The molecule has 4 heteroatoms. The topological polar surface area (TPSA) is 27.7 Å². The number of ether oxygens (including phenoxy) is 3. The van der Waals surface area contributed by atoms with Crippen LogP contribution in [0.25, 0.3) is 0 Å². The fourth-order valence-electron chi connectivity index (χ4n) is 2.98. The minimum Gasteiger partial charge on any atom is -0.488 e. The minimum atomic E-state index is -0.566. The van der Waals surface area contributed by atoms with Crippen LogP contribution in [0.2, 0.25) is 0 Å². The van der Waals surface area contributed by atoms with Crippen molar-refractivity contribution in [2.75, 3.05) is 27.4 Å². The molecule has 0 bridgehead atoms. The fraction of sp³-hybridized carbons (Fsp3) is 0.333. The van der Waals surface area contributed by atoms with Crippen molar-refractivity contribution in [3.8, 4) is 5.75 Å². The summed E-state index contributed by atoms with van der Waals surface area (Å²) in [5.74, 6) is 0.879. The highest BCUT2D eigenvalue weighted by molar-refractivity contribution is 7.79. The Bertz CT molecular complexity index is 765. The molecule has 0 saturated heterocycles. The second kappa shape index (κ2) is 15.6. The number of hydrogen-bond donors (Lipinski definition) is 0. The van der Waals surface area contributed by atoms with Gasteiger partial charge in [0.25, 0.3) is 0 Å². The van der Waals surface area contributed by atoms with E-state index in [1.165, 1.54) is 15.9 Å². The largest absolute Gasteiger partial charge is 0.488 e. The smallest absolute Gasteiger partial charge is 0.119 e. The van der Waals surface area contributed by atoms with Crippen molar-refractivity contribution in [1.82, 2.24) is 0 Å². The molecule has 0 heterocycles. The van der Waals surface area contributed by atoms with E-state index in [0.717, 1.165) is 18.8 Å². The van der Waals surface area contributed by atoms with E-state index < -0.39 is 7.92 Å². The third-order valence-electron chi connectivity index (χ3n) is 4.27. The molecule has 0 aliphatic heterocycles. The molecule has 0 aliphatic carbocycles. The van der Waals surface area contributed by atoms with E-state index in [2.05, 4.69) is 91.9 Å². The van der Waals surface area contributed by atoms with E-state index in [1.54, 1.807) is 14.2 Å². The second-order valence-electron chi connectivity index (χ2n) is 6.88. The lowest BCUT2D eigenvalue weighted by molar-refractivity contribution is 0.0921. The zero-order valence-corrected chi connectivity index (χ0v) is 19.3. The van der Waals surface area contributed by atoms with Gasteiger partial charge in [-0.3, -0.25) is 0 Å². The summed E-state index contributed by atoms with van der Waals surface area (Å²) in [6.07, 6.45) is 1.16. The number of benzene rings is 3. The summed E-state index contributed by atoms with van der Waals surface area (Å²) >= 11 is 0. The molecular weight excluding hydrogens is 403 g/mol. The molecule has 0 N–H and O–H groups in total. The Labute approximate surface area is 190 Å². The standard InChI is InChI=1S/C22H23O2P.C4H10O.CH4/c1-18(17-23-2)24-19-13-15-22(16-14-19)25(20-9-5-3-6-10-20)21-11-7-4-8-12-21;1-3-4-5-2;/h3-16,18H,17H2,1-2H3;3-4H2,1-2H3;1H4. The zero-order valence-electron chi connectivity index (χ0n) is 18.5. The molecule has 1 atom stereocenters. The maximum atomic E-state index is 5.88. The maximum Gasteiger partial charge on any atom is 0.119 e. The number of methoxy groups -OCH3 is 2. The van der Waals surface area contributed by atoms with Crippen molar-refractivity contribution in [3.63, 3.8) is 0 Å². The molecule has 0 aromatic heterocycles. The monoisotopic (exact) mass is 440 g/mol. The van der Waals surface area contributed by atoms with Crippen molar-refractivity contribution < 1.29 is 14.2 Å². The molecule has 0 amide bonds. The molecule has 31 heavy (non-hydrogen) atoms. The predicted octanol–water partition coefficient (Wildman–Crippen LogP) is 5.54. The highest BCUT2D eigenvalue weighted by Crippen LogP contribution is 2.33. The Morgan fingerprint density at radius 2 is 1.19 bits per heavy atom. The third-order valence-corrected chi connectivity index (χ3v) is 6.71. The van der Waals surface area contributed by atoms with E-state index in [4.69, 9.17) is 14.2 Å². The van der Waals surface area contributed by atoms with Crippen LogP contribution >= 0.6 is 7.92 Å². The lowest BCUT2D eigenvalue weighted by Crippen LogP contribution is -2.21. The number of hydrogen-bond acceptors (Lipinski definition) is 3. The molecule has 3 aromatic carbocycles. The summed E-state index contributed by atoms with van der Waals surface area (Å²) in [5, 5.41) is 4.02.